The van der Waals surface area contributed by atoms with Crippen molar-refractivity contribution in [3.05, 3.63) is 11.8 Å². The molecular weight excluding hydrogens is 230 g/mol. The van der Waals surface area contributed by atoms with Crippen LogP contribution in [0.4, 0.5) is 0 Å². The van der Waals surface area contributed by atoms with Crippen molar-refractivity contribution in [2.24, 2.45) is 4.99 Å². The van der Waals surface area contributed by atoms with Gasteiger partial charge in [0.1, 0.15) is 5.84 Å². The van der Waals surface area contributed by atoms with E-state index in [1.165, 1.54) is 7.11 Å². The van der Waals surface area contributed by atoms with E-state index >= 15 is 0 Å². The molecule has 5 nitrogen and oxygen atoms in total. The highest BCUT2D eigenvalue weighted by molar-refractivity contribution is 5.88. The molecule has 0 aliphatic carbocycles. The van der Waals surface area contributed by atoms with E-state index < -0.39 is 0 Å². The summed E-state index contributed by atoms with van der Waals surface area (Å²) in [5, 5.41) is 0. The molecule has 0 saturated carbocycles. The van der Waals surface area contributed by atoms with Crippen molar-refractivity contribution < 1.29 is 9.53 Å². The van der Waals surface area contributed by atoms with Crippen molar-refractivity contribution >= 4 is 11.8 Å². The highest BCUT2D eigenvalue weighted by Crippen LogP contribution is 2.04. The van der Waals surface area contributed by atoms with E-state index in [2.05, 4.69) is 26.5 Å². The van der Waals surface area contributed by atoms with E-state index in [9.17, 15) is 4.79 Å². The third-order valence-electron chi connectivity index (χ3n) is 3.23. The largest absolute Gasteiger partial charge is 0.466 e. The molecule has 0 amide bonds. The van der Waals surface area contributed by atoms with Gasteiger partial charge >= 0.3 is 5.97 Å². The number of esters is 1. The van der Waals surface area contributed by atoms with Gasteiger partial charge in [0.2, 0.25) is 0 Å². The molecule has 0 bridgehead atoms. The molecule has 0 radical (unpaired) electrons. The molecule has 1 saturated heterocycles. The summed E-state index contributed by atoms with van der Waals surface area (Å²) in [7, 11) is 1.38. The fourth-order valence-corrected chi connectivity index (χ4v) is 1.87. The van der Waals surface area contributed by atoms with Crippen LogP contribution in [0.2, 0.25) is 0 Å². The first kappa shape index (κ1) is 14.7. The maximum Gasteiger partial charge on any atom is 0.334 e. The topological polar surface area (TPSA) is 45.1 Å². The van der Waals surface area contributed by atoms with E-state index in [0.29, 0.717) is 5.57 Å². The Morgan fingerprint density at radius 1 is 1.28 bits per heavy atom. The van der Waals surface area contributed by atoms with Gasteiger partial charge in [0, 0.05) is 32.4 Å². The van der Waals surface area contributed by atoms with Gasteiger partial charge in [-0.3, -0.25) is 0 Å². The lowest BCUT2D eigenvalue weighted by Crippen LogP contribution is -2.47. The Balaban J connectivity index is 2.54. The SMILES string of the molecule is CCN1CCN(C(C)=N/C=C(\C)C(=O)OC)CC1. The lowest BCUT2D eigenvalue weighted by molar-refractivity contribution is -0.136. The number of piperazine rings is 1. The molecule has 0 aromatic rings. The fraction of sp³-hybridized carbons (Fsp3) is 0.692. The van der Waals surface area contributed by atoms with Gasteiger partial charge in [0.05, 0.1) is 12.7 Å². The minimum absolute atomic E-state index is 0.331. The number of methoxy groups -OCH3 is 1. The second-order valence-electron chi connectivity index (χ2n) is 4.40. The van der Waals surface area contributed by atoms with E-state index in [4.69, 9.17) is 0 Å². The average Bonchev–Trinajstić information content (AvgIpc) is 2.43. The van der Waals surface area contributed by atoms with Gasteiger partial charge in [-0.1, -0.05) is 6.92 Å². The molecule has 1 aliphatic heterocycles. The Hall–Kier alpha value is -1.36. The van der Waals surface area contributed by atoms with Gasteiger partial charge in [0.25, 0.3) is 0 Å². The Bertz CT molecular complexity index is 342. The summed E-state index contributed by atoms with van der Waals surface area (Å²) in [6.45, 7) is 11.1. The van der Waals surface area contributed by atoms with Crippen molar-refractivity contribution in [2.45, 2.75) is 20.8 Å². The van der Waals surface area contributed by atoms with Crippen LogP contribution in [0, 0.1) is 0 Å². The van der Waals surface area contributed by atoms with Crippen LogP contribution in [-0.2, 0) is 9.53 Å². The normalized spacial score (nSPS) is 19.0. The van der Waals surface area contributed by atoms with Crippen LogP contribution in [-0.4, -0.2) is 61.4 Å². The highest BCUT2D eigenvalue weighted by atomic mass is 16.5. The molecule has 102 valence electrons. The van der Waals surface area contributed by atoms with Gasteiger partial charge < -0.3 is 14.5 Å². The molecule has 1 heterocycles. The first-order valence-electron chi connectivity index (χ1n) is 6.35. The van der Waals surface area contributed by atoms with Gasteiger partial charge in [0.15, 0.2) is 0 Å². The molecule has 1 fully saturated rings. The molecule has 0 N–H and O–H groups in total. The first-order valence-corrected chi connectivity index (χ1v) is 6.35. The summed E-state index contributed by atoms with van der Waals surface area (Å²) in [4.78, 5) is 20.2. The van der Waals surface area contributed by atoms with Crippen LogP contribution in [0.3, 0.4) is 0 Å². The second kappa shape index (κ2) is 7.16. The standard InChI is InChI=1S/C13H23N3O2/c1-5-15-6-8-16(9-7-15)12(3)14-10-11(2)13(17)18-4/h10H,5-9H2,1-4H3/b11-10+,14-12?. The van der Waals surface area contributed by atoms with E-state index in [1.54, 1.807) is 13.1 Å². The third kappa shape index (κ3) is 4.14. The van der Waals surface area contributed by atoms with Crippen molar-refractivity contribution in [1.29, 1.82) is 0 Å². The molecule has 0 unspecified atom stereocenters. The summed E-state index contributed by atoms with van der Waals surface area (Å²) in [5.41, 5.74) is 0.518. The van der Waals surface area contributed by atoms with Crippen molar-refractivity contribution in [3.63, 3.8) is 0 Å². The van der Waals surface area contributed by atoms with Gasteiger partial charge in [-0.15, -0.1) is 0 Å². The maximum absolute atomic E-state index is 11.2. The number of likely N-dealkylation sites (N-methyl/N-ethyl adjacent to an activating group) is 1. The maximum atomic E-state index is 11.2. The first-order chi connectivity index (χ1) is 8.58. The van der Waals surface area contributed by atoms with Crippen LogP contribution in [0.15, 0.2) is 16.8 Å². The van der Waals surface area contributed by atoms with Crippen molar-refractivity contribution in [3.8, 4) is 0 Å². The summed E-state index contributed by atoms with van der Waals surface area (Å²) in [6.07, 6.45) is 1.58. The minimum Gasteiger partial charge on any atom is -0.466 e. The second-order valence-corrected chi connectivity index (χ2v) is 4.40. The number of hydrogen-bond acceptors (Lipinski definition) is 4. The summed E-state index contributed by atoms with van der Waals surface area (Å²) in [6, 6.07) is 0. The Labute approximate surface area is 109 Å². The molecule has 0 atom stereocenters. The quantitative estimate of drug-likeness (QED) is 0.327. The zero-order chi connectivity index (χ0) is 13.5. The van der Waals surface area contributed by atoms with Crippen LogP contribution in [0.5, 0.6) is 0 Å². The number of carbonyl (C=O) groups is 1. The molecule has 5 heteroatoms. The van der Waals surface area contributed by atoms with E-state index in [1.807, 2.05) is 6.92 Å². The van der Waals surface area contributed by atoms with E-state index in [-0.39, 0.29) is 5.97 Å². The lowest BCUT2D eigenvalue weighted by atomic mass is 10.3. The number of ether oxygens (including phenoxy) is 1. The molecule has 1 rings (SSSR count). The number of nitrogens with zero attached hydrogens (tertiary/aromatic N) is 3. The molecule has 0 aromatic heterocycles. The summed E-state index contributed by atoms with van der Waals surface area (Å²) >= 11 is 0. The Morgan fingerprint density at radius 3 is 2.39 bits per heavy atom. The smallest absolute Gasteiger partial charge is 0.334 e. The number of carbonyl (C=O) groups excluding carboxylic acids is 1. The number of hydrogen-bond donors (Lipinski definition) is 0. The van der Waals surface area contributed by atoms with E-state index in [0.717, 1.165) is 38.6 Å². The van der Waals surface area contributed by atoms with Gasteiger partial charge in [-0.05, 0) is 20.4 Å². The van der Waals surface area contributed by atoms with Crippen LogP contribution in [0.25, 0.3) is 0 Å². The van der Waals surface area contributed by atoms with Gasteiger partial charge in [-0.2, -0.15) is 0 Å². The van der Waals surface area contributed by atoms with Crippen molar-refractivity contribution in [1.82, 2.24) is 9.80 Å². The zero-order valence-electron chi connectivity index (χ0n) is 11.8. The monoisotopic (exact) mass is 253 g/mol. The molecule has 1 aliphatic rings. The lowest BCUT2D eigenvalue weighted by Gasteiger charge is -2.35. The number of aliphatic imine (C=N–C) groups is 1. The predicted molar refractivity (Wildman–Crippen MR) is 72.6 cm³/mol. The zero-order valence-corrected chi connectivity index (χ0v) is 11.8. The highest BCUT2D eigenvalue weighted by Gasteiger charge is 2.15. The number of amidine groups is 1. The summed E-state index contributed by atoms with van der Waals surface area (Å²) < 4.78 is 4.62. The molecule has 0 aromatic carbocycles. The Morgan fingerprint density at radius 2 is 1.89 bits per heavy atom. The fourth-order valence-electron chi connectivity index (χ4n) is 1.87. The van der Waals surface area contributed by atoms with Crippen LogP contribution in [0.1, 0.15) is 20.8 Å². The van der Waals surface area contributed by atoms with Crippen LogP contribution < -0.4 is 0 Å². The van der Waals surface area contributed by atoms with Crippen LogP contribution >= 0.6 is 0 Å². The molecule has 18 heavy (non-hydrogen) atoms. The third-order valence-corrected chi connectivity index (χ3v) is 3.23. The van der Waals surface area contributed by atoms with Gasteiger partial charge in [-0.25, -0.2) is 9.79 Å². The predicted octanol–water partition coefficient (Wildman–Crippen LogP) is 1.12. The average molecular weight is 253 g/mol. The number of rotatable bonds is 3. The minimum atomic E-state index is -0.331. The Kier molecular flexibility index (Phi) is 5.85. The van der Waals surface area contributed by atoms with Crippen molar-refractivity contribution in [2.75, 3.05) is 39.8 Å². The molecule has 0 spiro atoms. The summed E-state index contributed by atoms with van der Waals surface area (Å²) in [5.74, 6) is 0.622. The molecular formula is C13H23N3O2.